The van der Waals surface area contributed by atoms with Crippen LogP contribution < -0.4 is 15.6 Å². The Morgan fingerprint density at radius 2 is 1.85 bits per heavy atom. The number of nitrogens with one attached hydrogen (secondary N) is 1. The molecule has 0 atom stereocenters. The van der Waals surface area contributed by atoms with Gasteiger partial charge in [0, 0.05) is 26.4 Å². The number of amides is 1. The predicted octanol–water partition coefficient (Wildman–Crippen LogP) is 2.23. The van der Waals surface area contributed by atoms with Crippen LogP contribution in [0, 0.1) is 0 Å². The van der Waals surface area contributed by atoms with Crippen LogP contribution in [0.5, 0.6) is 5.75 Å². The molecule has 140 valence electrons. The van der Waals surface area contributed by atoms with Crippen LogP contribution in [0.25, 0.3) is 11.0 Å². The molecule has 0 unspecified atom stereocenters. The first-order valence-electron chi connectivity index (χ1n) is 8.93. The van der Waals surface area contributed by atoms with Gasteiger partial charge in [-0.15, -0.1) is 0 Å². The molecule has 0 spiro atoms. The largest absolute Gasteiger partial charge is 0.497 e. The smallest absolute Gasteiger partial charge is 0.272 e. The summed E-state index contributed by atoms with van der Waals surface area (Å²) in [5.41, 5.74) is 2.94. The second-order valence-corrected chi connectivity index (χ2v) is 6.36. The minimum absolute atomic E-state index is 0.0828. The lowest BCUT2D eigenvalue weighted by molar-refractivity contribution is -0.121. The van der Waals surface area contributed by atoms with Gasteiger partial charge in [0.1, 0.15) is 11.4 Å². The van der Waals surface area contributed by atoms with Gasteiger partial charge >= 0.3 is 0 Å². The molecule has 6 nitrogen and oxygen atoms in total. The Hall–Kier alpha value is -3.15. The van der Waals surface area contributed by atoms with Gasteiger partial charge in [0.2, 0.25) is 5.91 Å². The molecule has 1 amide bonds. The maximum absolute atomic E-state index is 12.4. The van der Waals surface area contributed by atoms with E-state index < -0.39 is 0 Å². The van der Waals surface area contributed by atoms with Crippen LogP contribution in [0.1, 0.15) is 17.7 Å². The number of hydrogen-bond acceptors (Lipinski definition) is 4. The average Bonchev–Trinajstić information content (AvgIpc) is 2.70. The van der Waals surface area contributed by atoms with Crippen LogP contribution in [0.2, 0.25) is 0 Å². The Morgan fingerprint density at radius 1 is 1.11 bits per heavy atom. The third-order valence-corrected chi connectivity index (χ3v) is 4.53. The van der Waals surface area contributed by atoms with E-state index in [0.29, 0.717) is 18.7 Å². The first kappa shape index (κ1) is 18.6. The summed E-state index contributed by atoms with van der Waals surface area (Å²) < 4.78 is 6.71. The fourth-order valence-electron chi connectivity index (χ4n) is 2.96. The quantitative estimate of drug-likeness (QED) is 0.697. The predicted molar refractivity (Wildman–Crippen MR) is 105 cm³/mol. The minimum Gasteiger partial charge on any atom is -0.497 e. The molecule has 1 N–H and O–H groups in total. The van der Waals surface area contributed by atoms with Crippen molar-refractivity contribution in [3.8, 4) is 5.75 Å². The molecule has 0 fully saturated rings. The topological polar surface area (TPSA) is 73.2 Å². The zero-order valence-corrected chi connectivity index (χ0v) is 15.6. The molecule has 6 heteroatoms. The Balaban J connectivity index is 1.54. The summed E-state index contributed by atoms with van der Waals surface area (Å²) >= 11 is 0. The lowest BCUT2D eigenvalue weighted by Crippen LogP contribution is -2.28. The normalized spacial score (nSPS) is 10.7. The van der Waals surface area contributed by atoms with Crippen molar-refractivity contribution in [1.29, 1.82) is 0 Å². The van der Waals surface area contributed by atoms with Crippen molar-refractivity contribution < 1.29 is 9.53 Å². The highest BCUT2D eigenvalue weighted by Gasteiger charge is 2.10. The van der Waals surface area contributed by atoms with Crippen LogP contribution in [0.3, 0.4) is 0 Å². The van der Waals surface area contributed by atoms with Gasteiger partial charge in [-0.25, -0.2) is 4.98 Å². The Kier molecular flexibility index (Phi) is 5.86. The van der Waals surface area contributed by atoms with Crippen molar-refractivity contribution in [2.24, 2.45) is 7.05 Å². The number of aryl methyl sites for hydroxylation is 2. The fraction of sp³-hybridized carbons (Fsp3) is 0.286. The van der Waals surface area contributed by atoms with E-state index in [9.17, 15) is 9.59 Å². The number of methoxy groups -OCH3 is 1. The number of carbonyl (C=O) groups excluding carboxylic acids is 1. The number of ether oxygens (including phenoxy) is 1. The summed E-state index contributed by atoms with van der Waals surface area (Å²) in [4.78, 5) is 28.9. The number of benzene rings is 2. The molecule has 1 heterocycles. The molecule has 2 aromatic carbocycles. The summed E-state index contributed by atoms with van der Waals surface area (Å²) in [6, 6.07) is 15.2. The average molecular weight is 365 g/mol. The minimum atomic E-state index is -0.153. The van der Waals surface area contributed by atoms with Gasteiger partial charge < -0.3 is 14.6 Å². The van der Waals surface area contributed by atoms with E-state index in [0.717, 1.165) is 28.8 Å². The van der Waals surface area contributed by atoms with Crippen molar-refractivity contribution in [3.05, 3.63) is 70.1 Å². The van der Waals surface area contributed by atoms with Crippen LogP contribution in [0.4, 0.5) is 0 Å². The van der Waals surface area contributed by atoms with Crippen molar-refractivity contribution >= 4 is 16.9 Å². The third kappa shape index (κ3) is 4.53. The molecule has 0 aliphatic heterocycles. The maximum Gasteiger partial charge on any atom is 0.272 e. The molecule has 1 aromatic heterocycles. The lowest BCUT2D eigenvalue weighted by atomic mass is 10.1. The van der Waals surface area contributed by atoms with E-state index in [2.05, 4.69) is 10.3 Å². The Bertz CT molecular complexity index is 994. The summed E-state index contributed by atoms with van der Waals surface area (Å²) in [5.74, 6) is 0.729. The second-order valence-electron chi connectivity index (χ2n) is 6.36. The van der Waals surface area contributed by atoms with E-state index in [1.54, 1.807) is 18.7 Å². The number of aromatic nitrogens is 2. The monoisotopic (exact) mass is 365 g/mol. The van der Waals surface area contributed by atoms with E-state index in [1.807, 2.05) is 48.5 Å². The molecule has 0 bridgehead atoms. The van der Waals surface area contributed by atoms with Crippen molar-refractivity contribution in [3.63, 3.8) is 0 Å². The SMILES string of the molecule is COc1ccc(CCNC(=O)CCc2nc3ccccc3n(C)c2=O)cc1. The molecule has 0 radical (unpaired) electrons. The van der Waals surface area contributed by atoms with Gasteiger partial charge in [-0.1, -0.05) is 24.3 Å². The summed E-state index contributed by atoms with van der Waals surface area (Å²) in [6.07, 6.45) is 1.31. The molecule has 3 rings (SSSR count). The zero-order chi connectivity index (χ0) is 19.2. The van der Waals surface area contributed by atoms with Crippen LogP contribution in [-0.4, -0.2) is 29.1 Å². The van der Waals surface area contributed by atoms with Gasteiger partial charge in [-0.2, -0.15) is 0 Å². The molecular formula is C21H23N3O3. The number of carbonyl (C=O) groups is 1. The van der Waals surface area contributed by atoms with Crippen molar-refractivity contribution in [2.75, 3.05) is 13.7 Å². The van der Waals surface area contributed by atoms with Crippen molar-refractivity contribution in [1.82, 2.24) is 14.9 Å². The van der Waals surface area contributed by atoms with Gasteiger partial charge in [0.25, 0.3) is 5.56 Å². The summed E-state index contributed by atoms with van der Waals surface area (Å²) in [6.45, 7) is 0.550. The first-order valence-corrected chi connectivity index (χ1v) is 8.93. The number of hydrogen-bond donors (Lipinski definition) is 1. The fourth-order valence-corrected chi connectivity index (χ4v) is 2.96. The highest BCUT2D eigenvalue weighted by molar-refractivity contribution is 5.76. The van der Waals surface area contributed by atoms with E-state index in [-0.39, 0.29) is 17.9 Å². The lowest BCUT2D eigenvalue weighted by Gasteiger charge is -2.08. The Morgan fingerprint density at radius 3 is 2.59 bits per heavy atom. The number of para-hydroxylation sites is 2. The zero-order valence-electron chi connectivity index (χ0n) is 15.6. The molecule has 3 aromatic rings. The van der Waals surface area contributed by atoms with E-state index in [1.165, 1.54) is 0 Å². The molecule has 0 aliphatic carbocycles. The molecule has 27 heavy (non-hydrogen) atoms. The van der Waals surface area contributed by atoms with Crippen LogP contribution in [-0.2, 0) is 24.7 Å². The third-order valence-electron chi connectivity index (χ3n) is 4.53. The van der Waals surface area contributed by atoms with E-state index in [4.69, 9.17) is 4.74 Å². The standard InChI is InChI=1S/C21H23N3O3/c1-24-19-6-4-3-5-17(19)23-18(21(24)26)11-12-20(25)22-14-13-15-7-9-16(27-2)10-8-15/h3-10H,11-14H2,1-2H3,(H,22,25). The van der Waals surface area contributed by atoms with Gasteiger partial charge in [-0.3, -0.25) is 9.59 Å². The molecular weight excluding hydrogens is 342 g/mol. The summed E-state index contributed by atoms with van der Waals surface area (Å²) in [5, 5.41) is 2.89. The highest BCUT2D eigenvalue weighted by atomic mass is 16.5. The van der Waals surface area contributed by atoms with E-state index >= 15 is 0 Å². The molecule has 0 aliphatic rings. The number of rotatable bonds is 7. The second kappa shape index (κ2) is 8.49. The van der Waals surface area contributed by atoms with Gasteiger partial charge in [0.15, 0.2) is 0 Å². The number of nitrogens with zero attached hydrogens (tertiary/aromatic N) is 2. The highest BCUT2D eigenvalue weighted by Crippen LogP contribution is 2.11. The summed E-state index contributed by atoms with van der Waals surface area (Å²) in [7, 11) is 3.36. The number of fused-ring (bicyclic) bond motifs is 1. The maximum atomic E-state index is 12.4. The molecule has 0 saturated heterocycles. The Labute approximate surface area is 157 Å². The molecule has 0 saturated carbocycles. The van der Waals surface area contributed by atoms with Gasteiger partial charge in [0.05, 0.1) is 18.1 Å². The first-order chi connectivity index (χ1) is 13.1. The van der Waals surface area contributed by atoms with Gasteiger partial charge in [-0.05, 0) is 36.2 Å². The van der Waals surface area contributed by atoms with Crippen LogP contribution in [0.15, 0.2) is 53.3 Å². The van der Waals surface area contributed by atoms with Crippen LogP contribution >= 0.6 is 0 Å². The van der Waals surface area contributed by atoms with Crippen molar-refractivity contribution in [2.45, 2.75) is 19.3 Å².